The Hall–Kier alpha value is -6.22. The zero-order valence-electron chi connectivity index (χ0n) is 46.9. The number of hydrogen-bond acceptors (Lipinski definition) is 13. The fourth-order valence-corrected chi connectivity index (χ4v) is 16.2. The number of esters is 4. The molecule has 0 amide bonds. The van der Waals surface area contributed by atoms with Crippen molar-refractivity contribution in [2.45, 2.75) is 147 Å². The Morgan fingerprint density at radius 3 is 1.70 bits per heavy atom. The van der Waals surface area contributed by atoms with E-state index in [1.807, 2.05) is 18.2 Å². The minimum absolute atomic E-state index is 0.106. The van der Waals surface area contributed by atoms with Crippen molar-refractivity contribution < 1.29 is 61.8 Å². The number of fused-ring (bicyclic) bond motifs is 7. The van der Waals surface area contributed by atoms with Crippen LogP contribution in [0, 0.1) is 52.3 Å². The van der Waals surface area contributed by atoms with Crippen LogP contribution in [-0.2, 0) is 49.2 Å². The van der Waals surface area contributed by atoms with Gasteiger partial charge in [-0.15, -0.1) is 0 Å². The molecule has 5 aromatic carbocycles. The Bertz CT molecular complexity index is 2970. The van der Waals surface area contributed by atoms with Gasteiger partial charge < -0.3 is 42.6 Å². The largest absolute Gasteiger partial charge is 0.459 e. The predicted molar refractivity (Wildman–Crippen MR) is 299 cm³/mol. The molecule has 7 fully saturated rings. The van der Waals surface area contributed by atoms with E-state index >= 15 is 0 Å². The Balaban J connectivity index is 0.886. The minimum atomic E-state index is -1.55. The molecule has 1 spiro atoms. The van der Waals surface area contributed by atoms with Gasteiger partial charge >= 0.3 is 23.9 Å². The second-order valence-corrected chi connectivity index (χ2v) is 24.8. The molecule has 0 N–H and O–H groups in total. The van der Waals surface area contributed by atoms with Crippen molar-refractivity contribution >= 4 is 23.9 Å². The highest BCUT2D eigenvalue weighted by molar-refractivity contribution is 5.91. The predicted octanol–water partition coefficient (Wildman–Crippen LogP) is 12.3. The first-order chi connectivity index (χ1) is 39.3. The van der Waals surface area contributed by atoms with Gasteiger partial charge in [-0.05, 0) is 152 Å². The monoisotopic (exact) mass is 1100 g/mol. The maximum Gasteiger partial charge on any atom is 0.338 e. The zero-order chi connectivity index (χ0) is 55.9. The summed E-state index contributed by atoms with van der Waals surface area (Å²) >= 11 is 0. The third-order valence-electron chi connectivity index (χ3n) is 20.3. The normalized spacial score (nSPS) is 36.7. The van der Waals surface area contributed by atoms with Crippen LogP contribution in [0.4, 0.5) is 0 Å². The van der Waals surface area contributed by atoms with E-state index in [-0.39, 0.29) is 45.1 Å². The molecule has 4 aliphatic carbocycles. The van der Waals surface area contributed by atoms with Crippen molar-refractivity contribution in [2.24, 2.45) is 52.3 Å². The van der Waals surface area contributed by atoms with E-state index < -0.39 is 79.2 Å². The lowest BCUT2D eigenvalue weighted by Gasteiger charge is -2.62. The van der Waals surface area contributed by atoms with Crippen LogP contribution >= 0.6 is 0 Å². The van der Waals surface area contributed by atoms with E-state index in [4.69, 9.17) is 42.6 Å². The fraction of sp³-hybridized carbons (Fsp3) is 0.500. The second-order valence-electron chi connectivity index (χ2n) is 24.8. The summed E-state index contributed by atoms with van der Waals surface area (Å²) in [5, 5.41) is 0. The topological polar surface area (TPSA) is 151 Å². The quantitative estimate of drug-likeness (QED) is 0.0590. The summed E-state index contributed by atoms with van der Waals surface area (Å²) in [6.45, 7) is 10.4. The van der Waals surface area contributed by atoms with Crippen LogP contribution in [0.5, 0.6) is 0 Å². The molecular formula is C68H76O13. The molecule has 5 aromatic rings. The molecule has 18 atom stereocenters. The van der Waals surface area contributed by atoms with Crippen LogP contribution in [0.15, 0.2) is 152 Å². The number of benzene rings is 5. The maximum absolute atomic E-state index is 14.5. The van der Waals surface area contributed by atoms with E-state index in [1.165, 1.54) is 0 Å². The first-order valence-corrected chi connectivity index (χ1v) is 29.6. The van der Waals surface area contributed by atoms with E-state index in [0.717, 1.165) is 57.1 Å². The van der Waals surface area contributed by atoms with Gasteiger partial charge in [0.05, 0.1) is 53.8 Å². The molecular weight excluding hydrogens is 1020 g/mol. The molecule has 426 valence electrons. The summed E-state index contributed by atoms with van der Waals surface area (Å²) in [5.41, 5.74) is 1.98. The smallest absolute Gasteiger partial charge is 0.338 e. The fourth-order valence-electron chi connectivity index (χ4n) is 16.2. The first-order valence-electron chi connectivity index (χ1n) is 29.6. The summed E-state index contributed by atoms with van der Waals surface area (Å²) in [6.07, 6.45) is 0.613. The maximum atomic E-state index is 14.5. The standard InChI is InChI=1S/C68H76O13/c1-42-32-35-68(75-39-42)43(2)57-54(81-68)37-52-50-31-30-49-36-53(55(73-40-44-20-10-5-11-21-44)38-67(49,4)51(50)33-34-66(52,57)3)76-65-60(80-64(72)48-28-18-9-19-29-48)59(79-63(71)47-26-16-8-17-27-47)58(78-62(70)46-24-14-7-15-25-46)56(77-65)41-74-61(69)45-22-12-6-13-23-45/h5-29,42-43,49-60,65H,30-41H2,1-4H3/t42?,43-,49?,50?,51?,52?,53+,54?,55+,56?,57?,58-,59?,60?,65+,66-,67-,68+/m0/s1. The second kappa shape index (κ2) is 23.2. The molecule has 4 saturated carbocycles. The highest BCUT2D eigenvalue weighted by atomic mass is 16.7. The molecule has 0 radical (unpaired) electrons. The summed E-state index contributed by atoms with van der Waals surface area (Å²) < 4.78 is 60.6. The van der Waals surface area contributed by atoms with Gasteiger partial charge in [-0.3, -0.25) is 0 Å². The average molecular weight is 1100 g/mol. The molecule has 0 aromatic heterocycles. The minimum Gasteiger partial charge on any atom is -0.459 e. The molecule has 10 unspecified atom stereocenters. The molecule has 3 heterocycles. The van der Waals surface area contributed by atoms with Gasteiger partial charge in [0.1, 0.15) is 12.7 Å². The van der Waals surface area contributed by atoms with Gasteiger partial charge in [-0.25, -0.2) is 19.2 Å². The van der Waals surface area contributed by atoms with E-state index in [0.29, 0.717) is 55.0 Å². The summed E-state index contributed by atoms with van der Waals surface area (Å²) in [6, 6.07) is 43.9. The highest BCUT2D eigenvalue weighted by Crippen LogP contribution is 2.71. The lowest BCUT2D eigenvalue weighted by Crippen LogP contribution is -2.64. The molecule has 13 nitrogen and oxygen atoms in total. The third kappa shape index (κ3) is 10.9. The number of hydrogen-bond donors (Lipinski definition) is 0. The van der Waals surface area contributed by atoms with Gasteiger partial charge in [0, 0.05) is 12.3 Å². The number of carbonyl (C=O) groups excluding carboxylic acids is 4. The highest BCUT2D eigenvalue weighted by Gasteiger charge is 2.70. The van der Waals surface area contributed by atoms with Crippen LogP contribution in [0.1, 0.15) is 132 Å². The Labute approximate surface area is 475 Å². The van der Waals surface area contributed by atoms with Crippen molar-refractivity contribution in [3.05, 3.63) is 179 Å². The molecule has 3 saturated heterocycles. The van der Waals surface area contributed by atoms with Crippen LogP contribution in [0.2, 0.25) is 0 Å². The van der Waals surface area contributed by atoms with Gasteiger partial charge in [0.2, 0.25) is 0 Å². The van der Waals surface area contributed by atoms with Crippen LogP contribution in [-0.4, -0.2) is 91.9 Å². The lowest BCUT2D eigenvalue weighted by molar-refractivity contribution is -0.324. The summed E-state index contributed by atoms with van der Waals surface area (Å²) in [7, 11) is 0. The number of rotatable bonds is 14. The number of ether oxygens (including phenoxy) is 9. The SMILES string of the molecule is CC1CC[C@@]2(OC1)OC1CC3C4CCC5C[C@@H](O[C@@H]6OC(COC(=O)c7ccccc7)[C@H](OC(=O)c7ccccc7)C(OC(=O)c7ccccc7)C6OC(=O)c6ccccc6)[C@H](OCc6ccccc6)C[C@]5(C)C4CC[C@]3(C)C1[C@@H]2C. The Morgan fingerprint density at radius 2 is 1.12 bits per heavy atom. The van der Waals surface area contributed by atoms with Crippen molar-refractivity contribution in [3.8, 4) is 0 Å². The van der Waals surface area contributed by atoms with Gasteiger partial charge in [0.25, 0.3) is 0 Å². The van der Waals surface area contributed by atoms with Crippen LogP contribution < -0.4 is 0 Å². The lowest BCUT2D eigenvalue weighted by atomic mass is 9.44. The molecule has 3 aliphatic heterocycles. The molecule has 13 heteroatoms. The molecule has 0 bridgehead atoms. The van der Waals surface area contributed by atoms with Crippen LogP contribution in [0.25, 0.3) is 0 Å². The molecule has 12 rings (SSSR count). The van der Waals surface area contributed by atoms with Crippen LogP contribution in [0.3, 0.4) is 0 Å². The van der Waals surface area contributed by atoms with E-state index in [2.05, 4.69) is 39.8 Å². The van der Waals surface area contributed by atoms with Crippen molar-refractivity contribution in [3.63, 3.8) is 0 Å². The van der Waals surface area contributed by atoms with Crippen molar-refractivity contribution in [1.29, 1.82) is 0 Å². The van der Waals surface area contributed by atoms with Gasteiger partial charge in [-0.1, -0.05) is 131 Å². The first kappa shape index (κ1) is 55.3. The average Bonchev–Trinajstić information content (AvgIpc) is 3.10. The Morgan fingerprint density at radius 1 is 0.568 bits per heavy atom. The van der Waals surface area contributed by atoms with Crippen molar-refractivity contribution in [1.82, 2.24) is 0 Å². The van der Waals surface area contributed by atoms with E-state index in [9.17, 15) is 19.2 Å². The molecule has 7 aliphatic rings. The summed E-state index contributed by atoms with van der Waals surface area (Å²) in [4.78, 5) is 57.1. The third-order valence-corrected chi connectivity index (χ3v) is 20.3. The van der Waals surface area contributed by atoms with Gasteiger partial charge in [0.15, 0.2) is 30.4 Å². The zero-order valence-corrected chi connectivity index (χ0v) is 46.9. The Kier molecular flexibility index (Phi) is 15.8. The van der Waals surface area contributed by atoms with E-state index in [1.54, 1.807) is 121 Å². The van der Waals surface area contributed by atoms with Crippen molar-refractivity contribution in [2.75, 3.05) is 13.2 Å². The number of carbonyl (C=O) groups is 4. The molecule has 81 heavy (non-hydrogen) atoms. The van der Waals surface area contributed by atoms with Gasteiger partial charge in [-0.2, -0.15) is 0 Å². The summed E-state index contributed by atoms with van der Waals surface area (Å²) in [5.74, 6) is -0.323.